The number of hydrogen-bond acceptors (Lipinski definition) is 4. The Morgan fingerprint density at radius 1 is 1.07 bits per heavy atom. The highest BCUT2D eigenvalue weighted by Gasteiger charge is 2.14. The topological polar surface area (TPSA) is 55.3 Å². The van der Waals surface area contributed by atoms with Crippen LogP contribution in [0.4, 0.5) is 4.39 Å². The fourth-order valence-corrected chi connectivity index (χ4v) is 2.99. The summed E-state index contributed by atoms with van der Waals surface area (Å²) in [4.78, 5) is 6.25. The van der Waals surface area contributed by atoms with E-state index in [9.17, 15) is 4.39 Å². The summed E-state index contributed by atoms with van der Waals surface area (Å²) in [6.45, 7) is 1.17. The van der Waals surface area contributed by atoms with Gasteiger partial charge in [0.15, 0.2) is 5.96 Å². The van der Waals surface area contributed by atoms with Crippen molar-refractivity contribution in [3.63, 3.8) is 0 Å². The highest BCUT2D eigenvalue weighted by molar-refractivity contribution is 5.79. The molecule has 2 rings (SSSR count). The molecule has 0 aliphatic heterocycles. The number of methoxy groups -OCH3 is 3. The average Bonchev–Trinajstić information content (AvgIpc) is 2.70. The van der Waals surface area contributed by atoms with Gasteiger partial charge in [0.1, 0.15) is 23.1 Å². The summed E-state index contributed by atoms with van der Waals surface area (Å²) in [5, 5.41) is 3.32. The molecule has 0 amide bonds. The lowest BCUT2D eigenvalue weighted by molar-refractivity contribution is 0.368. The van der Waals surface area contributed by atoms with Gasteiger partial charge in [0.2, 0.25) is 0 Å². The van der Waals surface area contributed by atoms with Crippen LogP contribution in [-0.4, -0.2) is 52.8 Å². The van der Waals surface area contributed by atoms with Crippen molar-refractivity contribution < 1.29 is 18.6 Å². The van der Waals surface area contributed by atoms with Crippen LogP contribution >= 0.6 is 0 Å². The predicted octanol–water partition coefficient (Wildman–Crippen LogP) is 3.10. The lowest BCUT2D eigenvalue weighted by Crippen LogP contribution is -2.39. The highest BCUT2D eigenvalue weighted by Crippen LogP contribution is 2.34. The van der Waals surface area contributed by atoms with Crippen molar-refractivity contribution in [2.75, 3.05) is 42.0 Å². The molecule has 0 saturated heterocycles. The van der Waals surface area contributed by atoms with Crippen molar-refractivity contribution in [1.29, 1.82) is 0 Å². The first-order chi connectivity index (χ1) is 13.5. The molecule has 0 atom stereocenters. The zero-order valence-corrected chi connectivity index (χ0v) is 17.1. The van der Waals surface area contributed by atoms with Crippen LogP contribution in [0.2, 0.25) is 0 Å². The molecule has 0 spiro atoms. The molecule has 0 radical (unpaired) electrons. The van der Waals surface area contributed by atoms with Crippen molar-refractivity contribution in [2.45, 2.75) is 13.0 Å². The number of nitrogens with zero attached hydrogens (tertiary/aromatic N) is 2. The van der Waals surface area contributed by atoms with E-state index in [-0.39, 0.29) is 5.82 Å². The van der Waals surface area contributed by atoms with Crippen LogP contribution in [0.25, 0.3) is 0 Å². The highest BCUT2D eigenvalue weighted by atomic mass is 19.1. The Kier molecular flexibility index (Phi) is 7.92. The molecule has 0 aliphatic rings. The molecule has 0 unspecified atom stereocenters. The molecule has 0 aliphatic carbocycles. The van der Waals surface area contributed by atoms with Crippen molar-refractivity contribution in [3.8, 4) is 17.2 Å². The van der Waals surface area contributed by atoms with Gasteiger partial charge in [0.25, 0.3) is 0 Å². The fraction of sp³-hybridized carbons (Fsp3) is 0.381. The lowest BCUT2D eigenvalue weighted by Gasteiger charge is -2.23. The molecule has 6 nitrogen and oxygen atoms in total. The predicted molar refractivity (Wildman–Crippen MR) is 109 cm³/mol. The minimum absolute atomic E-state index is 0.243. The maximum atomic E-state index is 13.4. The molecule has 0 bridgehead atoms. The van der Waals surface area contributed by atoms with E-state index in [1.54, 1.807) is 34.4 Å². The molecule has 2 aromatic rings. The summed E-state index contributed by atoms with van der Waals surface area (Å²) in [7, 11) is 8.48. The zero-order valence-electron chi connectivity index (χ0n) is 17.1. The average molecular weight is 389 g/mol. The molecule has 0 aromatic heterocycles. The van der Waals surface area contributed by atoms with Gasteiger partial charge in [-0.05, 0) is 24.1 Å². The molecular formula is C21H28FN3O3. The first-order valence-electron chi connectivity index (χ1n) is 8.97. The standard InChI is InChI=1S/C21H28FN3O3/c1-23-21(25(2)14-15-7-6-8-16(22)11-15)24-10-9-18-19(27-4)12-17(26-3)13-20(18)28-5/h6-8,11-13H,9-10,14H2,1-5H3,(H,23,24). The minimum atomic E-state index is -0.243. The number of halogens is 1. The first kappa shape index (κ1) is 21.3. The quantitative estimate of drug-likeness (QED) is 0.555. The Balaban J connectivity index is 2.02. The van der Waals surface area contributed by atoms with Crippen molar-refractivity contribution >= 4 is 5.96 Å². The lowest BCUT2D eigenvalue weighted by atomic mass is 10.1. The Hall–Kier alpha value is -2.96. The van der Waals surface area contributed by atoms with Crippen LogP contribution in [-0.2, 0) is 13.0 Å². The smallest absolute Gasteiger partial charge is 0.193 e. The van der Waals surface area contributed by atoms with Gasteiger partial charge in [0, 0.05) is 44.9 Å². The Bertz CT molecular complexity index is 786. The maximum absolute atomic E-state index is 13.4. The number of aliphatic imine (C=N–C) groups is 1. The number of nitrogens with one attached hydrogen (secondary N) is 1. The summed E-state index contributed by atoms with van der Waals surface area (Å²) in [6.07, 6.45) is 0.670. The Morgan fingerprint density at radius 3 is 2.29 bits per heavy atom. The monoisotopic (exact) mass is 389 g/mol. The molecule has 2 aromatic carbocycles. The van der Waals surface area contributed by atoms with E-state index >= 15 is 0 Å². The maximum Gasteiger partial charge on any atom is 0.193 e. The summed E-state index contributed by atoms with van der Waals surface area (Å²) in [6, 6.07) is 10.2. The first-order valence-corrected chi connectivity index (χ1v) is 8.97. The van der Waals surface area contributed by atoms with Crippen molar-refractivity contribution in [3.05, 3.63) is 53.3 Å². The van der Waals surface area contributed by atoms with Crippen LogP contribution in [0.1, 0.15) is 11.1 Å². The van der Waals surface area contributed by atoms with Gasteiger partial charge >= 0.3 is 0 Å². The van der Waals surface area contributed by atoms with Crippen molar-refractivity contribution in [1.82, 2.24) is 10.2 Å². The van der Waals surface area contributed by atoms with Crippen LogP contribution < -0.4 is 19.5 Å². The van der Waals surface area contributed by atoms with Crippen LogP contribution in [0.15, 0.2) is 41.4 Å². The largest absolute Gasteiger partial charge is 0.496 e. The van der Waals surface area contributed by atoms with Gasteiger partial charge in [-0.2, -0.15) is 0 Å². The van der Waals surface area contributed by atoms with E-state index in [2.05, 4.69) is 10.3 Å². The molecule has 7 heteroatoms. The van der Waals surface area contributed by atoms with E-state index in [4.69, 9.17) is 14.2 Å². The number of rotatable bonds is 8. The van der Waals surface area contributed by atoms with Crippen molar-refractivity contribution in [2.24, 2.45) is 4.99 Å². The van der Waals surface area contributed by atoms with E-state index in [1.165, 1.54) is 12.1 Å². The van der Waals surface area contributed by atoms with Gasteiger partial charge in [-0.25, -0.2) is 4.39 Å². The van der Waals surface area contributed by atoms with E-state index in [0.29, 0.717) is 36.8 Å². The van der Waals surface area contributed by atoms with Gasteiger partial charge in [-0.15, -0.1) is 0 Å². The number of hydrogen-bond donors (Lipinski definition) is 1. The normalized spacial score (nSPS) is 11.1. The number of benzene rings is 2. The number of ether oxygens (including phenoxy) is 3. The molecule has 0 saturated carbocycles. The summed E-state index contributed by atoms with van der Waals surface area (Å²) < 4.78 is 29.6. The molecule has 28 heavy (non-hydrogen) atoms. The van der Waals surface area contributed by atoms with Gasteiger partial charge in [-0.3, -0.25) is 4.99 Å². The third-order valence-electron chi connectivity index (χ3n) is 4.36. The molecule has 1 N–H and O–H groups in total. The summed E-state index contributed by atoms with van der Waals surface area (Å²) >= 11 is 0. The Labute approximate surface area is 165 Å². The summed E-state index contributed by atoms with van der Waals surface area (Å²) in [5.74, 6) is 2.57. The van der Waals surface area contributed by atoms with Gasteiger partial charge in [-0.1, -0.05) is 12.1 Å². The second kappa shape index (κ2) is 10.4. The van der Waals surface area contributed by atoms with Crippen LogP contribution in [0.5, 0.6) is 17.2 Å². The molecule has 0 fully saturated rings. The van der Waals surface area contributed by atoms with E-state index < -0.39 is 0 Å². The fourth-order valence-electron chi connectivity index (χ4n) is 2.99. The minimum Gasteiger partial charge on any atom is -0.496 e. The Morgan fingerprint density at radius 2 is 1.75 bits per heavy atom. The third kappa shape index (κ3) is 5.52. The van der Waals surface area contributed by atoms with Crippen LogP contribution in [0, 0.1) is 5.82 Å². The SMILES string of the molecule is CN=C(NCCc1c(OC)cc(OC)cc1OC)N(C)Cc1cccc(F)c1. The summed E-state index contributed by atoms with van der Waals surface area (Å²) in [5.41, 5.74) is 1.82. The third-order valence-corrected chi connectivity index (χ3v) is 4.36. The second-order valence-corrected chi connectivity index (χ2v) is 6.22. The second-order valence-electron chi connectivity index (χ2n) is 6.22. The number of guanidine groups is 1. The van der Waals surface area contributed by atoms with Crippen LogP contribution in [0.3, 0.4) is 0 Å². The molecular weight excluding hydrogens is 361 g/mol. The van der Waals surface area contributed by atoms with Gasteiger partial charge in [0.05, 0.1) is 21.3 Å². The van der Waals surface area contributed by atoms with Gasteiger partial charge < -0.3 is 24.4 Å². The molecule has 152 valence electrons. The van der Waals surface area contributed by atoms with E-state index in [1.807, 2.05) is 30.1 Å². The zero-order chi connectivity index (χ0) is 20.5. The van der Waals surface area contributed by atoms with E-state index in [0.717, 1.165) is 17.1 Å². The molecule has 0 heterocycles.